The number of azo groups is 1. The highest BCUT2D eigenvalue weighted by molar-refractivity contribution is 6.18. The average Bonchev–Trinajstić information content (AvgIpc) is 2.94. The minimum absolute atomic E-state index is 0.251. The summed E-state index contributed by atoms with van der Waals surface area (Å²) in [7, 11) is 1.32. The van der Waals surface area contributed by atoms with Crippen LogP contribution in [0, 0.1) is 0 Å². The molecule has 0 aliphatic carbocycles. The molecule has 0 spiro atoms. The Morgan fingerprint density at radius 1 is 1.12 bits per heavy atom. The van der Waals surface area contributed by atoms with Gasteiger partial charge >= 0.3 is 5.97 Å². The van der Waals surface area contributed by atoms with Gasteiger partial charge in [-0.15, -0.1) is 0 Å². The van der Waals surface area contributed by atoms with Gasteiger partial charge in [-0.05, 0) is 43.3 Å². The third kappa shape index (κ3) is 3.45. The first-order valence-electron chi connectivity index (χ1n) is 7.63. The van der Waals surface area contributed by atoms with Crippen LogP contribution in [0.5, 0.6) is 0 Å². The van der Waals surface area contributed by atoms with Crippen LogP contribution in [0.15, 0.2) is 69.9 Å². The number of hydrogen-bond acceptors (Lipinski definition) is 6. The van der Waals surface area contributed by atoms with E-state index in [1.807, 2.05) is 18.2 Å². The standard InChI is InChI=1S/C18H16N4O3/c1-12-16(17(23)22(21-12)15-6-4-3-5-7-15)20-19-14-10-8-13(9-11-14)18(24)25-2/h3-11,16H,1-2H3/t16-/m0/s1. The van der Waals surface area contributed by atoms with Gasteiger partial charge in [0.1, 0.15) is 0 Å². The summed E-state index contributed by atoms with van der Waals surface area (Å²) >= 11 is 0. The zero-order valence-electron chi connectivity index (χ0n) is 13.8. The third-order valence-corrected chi connectivity index (χ3v) is 3.67. The van der Waals surface area contributed by atoms with E-state index in [-0.39, 0.29) is 5.91 Å². The predicted octanol–water partition coefficient (Wildman–Crippen LogP) is 3.35. The molecule has 0 bridgehead atoms. The molecular weight excluding hydrogens is 320 g/mol. The van der Waals surface area contributed by atoms with Crippen LogP contribution >= 0.6 is 0 Å². The maximum Gasteiger partial charge on any atom is 0.337 e. The molecule has 1 amide bonds. The van der Waals surface area contributed by atoms with Crippen LogP contribution in [0.1, 0.15) is 17.3 Å². The molecular formula is C18H16N4O3. The Morgan fingerprint density at radius 2 is 1.80 bits per heavy atom. The molecule has 0 aromatic heterocycles. The lowest BCUT2D eigenvalue weighted by molar-refractivity contribution is -0.117. The van der Waals surface area contributed by atoms with Crippen LogP contribution in [-0.2, 0) is 9.53 Å². The van der Waals surface area contributed by atoms with Gasteiger partial charge in [-0.3, -0.25) is 4.79 Å². The van der Waals surface area contributed by atoms with Gasteiger partial charge in [0.05, 0.1) is 29.8 Å². The number of amides is 1. The minimum Gasteiger partial charge on any atom is -0.465 e. The lowest BCUT2D eigenvalue weighted by atomic mass is 10.2. The molecule has 1 aliphatic heterocycles. The quantitative estimate of drug-likeness (QED) is 0.634. The highest BCUT2D eigenvalue weighted by Crippen LogP contribution is 2.23. The number of para-hydroxylation sites is 1. The van der Waals surface area contributed by atoms with Crippen LogP contribution in [-0.4, -0.2) is 30.7 Å². The van der Waals surface area contributed by atoms with Crippen LogP contribution in [0.3, 0.4) is 0 Å². The fraction of sp³-hybridized carbons (Fsp3) is 0.167. The van der Waals surface area contributed by atoms with Crippen LogP contribution in [0.2, 0.25) is 0 Å². The summed E-state index contributed by atoms with van der Waals surface area (Å²) in [5, 5.41) is 13.8. The van der Waals surface area contributed by atoms with Crippen LogP contribution < -0.4 is 5.01 Å². The van der Waals surface area contributed by atoms with Gasteiger partial charge in [-0.2, -0.15) is 20.3 Å². The van der Waals surface area contributed by atoms with Crippen molar-refractivity contribution in [3.63, 3.8) is 0 Å². The van der Waals surface area contributed by atoms with Gasteiger partial charge in [-0.1, -0.05) is 18.2 Å². The second-order valence-corrected chi connectivity index (χ2v) is 5.38. The summed E-state index contributed by atoms with van der Waals surface area (Å²) < 4.78 is 4.64. The van der Waals surface area contributed by atoms with Crippen molar-refractivity contribution in [2.75, 3.05) is 12.1 Å². The fourth-order valence-electron chi connectivity index (χ4n) is 2.35. The summed E-state index contributed by atoms with van der Waals surface area (Å²) in [6.45, 7) is 1.74. The first-order chi connectivity index (χ1) is 12.1. The normalized spacial score (nSPS) is 17.0. The molecule has 3 rings (SSSR count). The smallest absolute Gasteiger partial charge is 0.337 e. The monoisotopic (exact) mass is 336 g/mol. The number of methoxy groups -OCH3 is 1. The molecule has 25 heavy (non-hydrogen) atoms. The molecule has 1 atom stereocenters. The Labute approximate surface area is 144 Å². The maximum absolute atomic E-state index is 12.5. The van der Waals surface area contributed by atoms with Gasteiger partial charge in [0, 0.05) is 0 Å². The van der Waals surface area contributed by atoms with Crippen molar-refractivity contribution in [1.29, 1.82) is 0 Å². The van der Waals surface area contributed by atoms with E-state index in [0.29, 0.717) is 22.6 Å². The molecule has 7 heteroatoms. The lowest BCUT2D eigenvalue weighted by Gasteiger charge is -2.11. The van der Waals surface area contributed by atoms with E-state index in [2.05, 4.69) is 20.1 Å². The van der Waals surface area contributed by atoms with Gasteiger partial charge in [0.15, 0.2) is 6.04 Å². The maximum atomic E-state index is 12.5. The zero-order valence-corrected chi connectivity index (χ0v) is 13.8. The number of carbonyl (C=O) groups excluding carboxylic acids is 2. The number of benzene rings is 2. The SMILES string of the molecule is COC(=O)c1ccc(N=N[C@@H]2C(=O)N(c3ccccc3)N=C2C)cc1. The van der Waals surface area contributed by atoms with Crippen molar-refractivity contribution < 1.29 is 14.3 Å². The number of ether oxygens (including phenoxy) is 1. The van der Waals surface area contributed by atoms with Gasteiger partial charge in [0.25, 0.3) is 5.91 Å². The van der Waals surface area contributed by atoms with E-state index in [1.54, 1.807) is 43.3 Å². The number of carbonyl (C=O) groups is 2. The van der Waals surface area contributed by atoms with Crippen LogP contribution in [0.4, 0.5) is 11.4 Å². The number of anilines is 1. The Kier molecular flexibility index (Phi) is 4.65. The molecule has 0 radical (unpaired) electrons. The Morgan fingerprint density at radius 3 is 2.44 bits per heavy atom. The second-order valence-electron chi connectivity index (χ2n) is 5.38. The first-order valence-corrected chi connectivity index (χ1v) is 7.63. The third-order valence-electron chi connectivity index (χ3n) is 3.67. The number of hydrogen-bond donors (Lipinski definition) is 0. The van der Waals surface area contributed by atoms with Crippen molar-refractivity contribution in [2.24, 2.45) is 15.3 Å². The highest BCUT2D eigenvalue weighted by Gasteiger charge is 2.34. The zero-order chi connectivity index (χ0) is 17.8. The average molecular weight is 336 g/mol. The number of nitrogens with zero attached hydrogens (tertiary/aromatic N) is 4. The topological polar surface area (TPSA) is 83.7 Å². The van der Waals surface area contributed by atoms with Crippen molar-refractivity contribution in [3.8, 4) is 0 Å². The Balaban J connectivity index is 1.75. The summed E-state index contributed by atoms with van der Waals surface area (Å²) in [6.07, 6.45) is 0. The summed E-state index contributed by atoms with van der Waals surface area (Å²) in [6, 6.07) is 14.9. The molecule has 1 heterocycles. The van der Waals surface area contributed by atoms with E-state index in [4.69, 9.17) is 0 Å². The van der Waals surface area contributed by atoms with E-state index in [0.717, 1.165) is 0 Å². The molecule has 126 valence electrons. The molecule has 7 nitrogen and oxygen atoms in total. The van der Waals surface area contributed by atoms with Crippen molar-refractivity contribution in [3.05, 3.63) is 60.2 Å². The number of hydrazone groups is 1. The molecule has 0 fully saturated rings. The predicted molar refractivity (Wildman–Crippen MR) is 93.1 cm³/mol. The van der Waals surface area contributed by atoms with Crippen molar-refractivity contribution in [1.82, 2.24) is 0 Å². The molecule has 0 saturated carbocycles. The van der Waals surface area contributed by atoms with E-state index >= 15 is 0 Å². The van der Waals surface area contributed by atoms with E-state index in [9.17, 15) is 9.59 Å². The minimum atomic E-state index is -0.750. The molecule has 0 unspecified atom stereocenters. The largest absolute Gasteiger partial charge is 0.465 e. The lowest BCUT2D eigenvalue weighted by Crippen LogP contribution is -2.29. The Bertz CT molecular complexity index is 844. The van der Waals surface area contributed by atoms with E-state index in [1.165, 1.54) is 12.1 Å². The number of rotatable bonds is 4. The molecule has 0 N–H and O–H groups in total. The summed E-state index contributed by atoms with van der Waals surface area (Å²) in [5.74, 6) is -0.672. The van der Waals surface area contributed by atoms with Crippen LogP contribution in [0.25, 0.3) is 0 Å². The number of esters is 1. The fourth-order valence-corrected chi connectivity index (χ4v) is 2.35. The van der Waals surface area contributed by atoms with Gasteiger partial charge in [-0.25, -0.2) is 4.79 Å². The molecule has 2 aromatic rings. The van der Waals surface area contributed by atoms with Gasteiger partial charge < -0.3 is 4.74 Å². The highest BCUT2D eigenvalue weighted by atomic mass is 16.5. The summed E-state index contributed by atoms with van der Waals surface area (Å²) in [4.78, 5) is 23.9. The van der Waals surface area contributed by atoms with Crippen molar-refractivity contribution in [2.45, 2.75) is 13.0 Å². The first kappa shape index (κ1) is 16.5. The van der Waals surface area contributed by atoms with Gasteiger partial charge in [0.2, 0.25) is 0 Å². The van der Waals surface area contributed by atoms with E-state index < -0.39 is 12.0 Å². The molecule has 0 saturated heterocycles. The molecule has 2 aromatic carbocycles. The Hall–Kier alpha value is -3.35. The molecule has 1 aliphatic rings. The second kappa shape index (κ2) is 7.04. The summed E-state index contributed by atoms with van der Waals surface area (Å²) in [5.41, 5.74) is 2.22. The van der Waals surface area contributed by atoms with Crippen molar-refractivity contribution >= 4 is 29.0 Å².